The van der Waals surface area contributed by atoms with E-state index in [9.17, 15) is 9.18 Å². The lowest BCUT2D eigenvalue weighted by molar-refractivity contribution is 0.0696. The first-order valence-corrected chi connectivity index (χ1v) is 6.22. The summed E-state index contributed by atoms with van der Waals surface area (Å²) in [4.78, 5) is 11.0. The van der Waals surface area contributed by atoms with E-state index in [1.165, 1.54) is 12.1 Å². The van der Waals surface area contributed by atoms with Gasteiger partial charge in [0.25, 0.3) is 0 Å². The maximum atomic E-state index is 13.5. The summed E-state index contributed by atoms with van der Waals surface area (Å²) in [6.45, 7) is 1.96. The fourth-order valence-electron chi connectivity index (χ4n) is 2.04. The smallest absolute Gasteiger partial charge is 0.335 e. The summed E-state index contributed by atoms with van der Waals surface area (Å²) in [7, 11) is 0. The summed E-state index contributed by atoms with van der Waals surface area (Å²) in [5.41, 5.74) is 2.04. The molecule has 0 aromatic heterocycles. The summed E-state index contributed by atoms with van der Waals surface area (Å²) < 4.78 is 13.5. The van der Waals surface area contributed by atoms with Crippen LogP contribution in [-0.2, 0) is 6.42 Å². The molecule has 2 nitrogen and oxygen atoms in total. The fraction of sp³-hybridized carbons (Fsp3) is 0.133. The lowest BCUT2D eigenvalue weighted by Gasteiger charge is -2.11. The van der Waals surface area contributed by atoms with Crippen molar-refractivity contribution in [1.29, 1.82) is 0 Å². The van der Waals surface area contributed by atoms with Gasteiger partial charge in [0.15, 0.2) is 0 Å². The van der Waals surface area contributed by atoms with E-state index < -0.39 is 11.8 Å². The number of carbonyl (C=O) groups is 1. The van der Waals surface area contributed by atoms with E-state index in [1.807, 2.05) is 19.1 Å². The first-order chi connectivity index (χ1) is 9.02. The van der Waals surface area contributed by atoms with Gasteiger partial charge in [-0.2, -0.15) is 0 Å². The molecule has 0 aliphatic carbocycles. The van der Waals surface area contributed by atoms with Gasteiger partial charge in [-0.3, -0.25) is 0 Å². The normalized spacial score (nSPS) is 10.5. The number of hydrogen-bond acceptors (Lipinski definition) is 1. The molecular weight excluding hydrogens is 267 g/mol. The third-order valence-corrected chi connectivity index (χ3v) is 3.23. The number of carboxylic acid groups (broad SMARTS) is 1. The zero-order valence-electron chi connectivity index (χ0n) is 10.3. The number of aromatic carboxylic acids is 1. The van der Waals surface area contributed by atoms with Crippen LogP contribution in [0.5, 0.6) is 0 Å². The fourth-order valence-corrected chi connectivity index (χ4v) is 2.35. The van der Waals surface area contributed by atoms with Gasteiger partial charge in [-0.05, 0) is 41.8 Å². The molecule has 0 heterocycles. The maximum absolute atomic E-state index is 13.5. The standard InChI is InChI=1S/C15H12ClFO2/c1-2-9-4-3-5-13(16)14(9)10-6-11(15(18)19)8-12(17)7-10/h3-8H,2H2,1H3,(H,18,19). The number of aryl methyl sites for hydroxylation is 1. The van der Waals surface area contributed by atoms with Crippen LogP contribution < -0.4 is 0 Å². The van der Waals surface area contributed by atoms with Crippen LogP contribution in [0.25, 0.3) is 11.1 Å². The number of rotatable bonds is 3. The first kappa shape index (κ1) is 13.6. The molecule has 0 saturated heterocycles. The van der Waals surface area contributed by atoms with Crippen LogP contribution in [0, 0.1) is 5.82 Å². The van der Waals surface area contributed by atoms with E-state index in [0.717, 1.165) is 18.1 Å². The Labute approximate surface area is 115 Å². The monoisotopic (exact) mass is 278 g/mol. The van der Waals surface area contributed by atoms with E-state index in [4.69, 9.17) is 16.7 Å². The van der Waals surface area contributed by atoms with Gasteiger partial charge in [-0.15, -0.1) is 0 Å². The highest BCUT2D eigenvalue weighted by Crippen LogP contribution is 2.32. The molecule has 0 radical (unpaired) electrons. The summed E-state index contributed by atoms with van der Waals surface area (Å²) in [5.74, 6) is -1.75. The molecule has 4 heteroatoms. The minimum absolute atomic E-state index is 0.0861. The zero-order chi connectivity index (χ0) is 14.0. The molecule has 0 aliphatic rings. The first-order valence-electron chi connectivity index (χ1n) is 5.84. The maximum Gasteiger partial charge on any atom is 0.335 e. The SMILES string of the molecule is CCc1cccc(Cl)c1-c1cc(F)cc(C(=O)O)c1. The quantitative estimate of drug-likeness (QED) is 0.903. The van der Waals surface area contributed by atoms with Crippen LogP contribution in [0.1, 0.15) is 22.8 Å². The Morgan fingerprint density at radius 2 is 2.05 bits per heavy atom. The molecule has 0 saturated carbocycles. The molecule has 0 amide bonds. The molecule has 2 aromatic rings. The molecule has 0 spiro atoms. The minimum Gasteiger partial charge on any atom is -0.478 e. The van der Waals surface area contributed by atoms with E-state index in [1.54, 1.807) is 6.07 Å². The predicted octanol–water partition coefficient (Wildman–Crippen LogP) is 4.41. The van der Waals surface area contributed by atoms with Gasteiger partial charge < -0.3 is 5.11 Å². The van der Waals surface area contributed by atoms with Crippen molar-refractivity contribution in [2.75, 3.05) is 0 Å². The van der Waals surface area contributed by atoms with Crippen molar-refractivity contribution in [3.05, 3.63) is 58.4 Å². The Balaban J connectivity index is 2.68. The Kier molecular flexibility index (Phi) is 3.86. The van der Waals surface area contributed by atoms with Crippen molar-refractivity contribution >= 4 is 17.6 Å². The molecule has 0 atom stereocenters. The van der Waals surface area contributed by atoms with E-state index in [-0.39, 0.29) is 5.56 Å². The Bertz CT molecular complexity index is 638. The van der Waals surface area contributed by atoms with Crippen molar-refractivity contribution in [1.82, 2.24) is 0 Å². The molecule has 0 aliphatic heterocycles. The van der Waals surface area contributed by atoms with Gasteiger partial charge in [0, 0.05) is 10.6 Å². The van der Waals surface area contributed by atoms with Crippen LogP contribution in [0.2, 0.25) is 5.02 Å². The molecule has 0 unspecified atom stereocenters. The zero-order valence-corrected chi connectivity index (χ0v) is 11.0. The summed E-state index contributed by atoms with van der Waals surface area (Å²) in [5, 5.41) is 9.46. The van der Waals surface area contributed by atoms with Crippen molar-refractivity contribution in [3.8, 4) is 11.1 Å². The average Bonchev–Trinajstić information content (AvgIpc) is 2.37. The van der Waals surface area contributed by atoms with Crippen molar-refractivity contribution in [2.45, 2.75) is 13.3 Å². The number of benzene rings is 2. The lowest BCUT2D eigenvalue weighted by atomic mass is 9.96. The highest BCUT2D eigenvalue weighted by molar-refractivity contribution is 6.33. The molecule has 19 heavy (non-hydrogen) atoms. The van der Waals surface area contributed by atoms with Crippen LogP contribution in [0.3, 0.4) is 0 Å². The second-order valence-electron chi connectivity index (χ2n) is 4.16. The summed E-state index contributed by atoms with van der Waals surface area (Å²) in [6.07, 6.45) is 0.731. The molecular formula is C15H12ClFO2. The van der Waals surface area contributed by atoms with Gasteiger partial charge in [0.1, 0.15) is 5.82 Å². The molecule has 98 valence electrons. The Morgan fingerprint density at radius 3 is 2.68 bits per heavy atom. The van der Waals surface area contributed by atoms with E-state index >= 15 is 0 Å². The van der Waals surface area contributed by atoms with Crippen LogP contribution in [0.15, 0.2) is 36.4 Å². The third kappa shape index (κ3) is 2.76. The number of hydrogen-bond donors (Lipinski definition) is 1. The second-order valence-corrected chi connectivity index (χ2v) is 4.57. The van der Waals surface area contributed by atoms with Crippen LogP contribution >= 0.6 is 11.6 Å². The highest BCUT2D eigenvalue weighted by atomic mass is 35.5. The predicted molar refractivity (Wildman–Crippen MR) is 73.2 cm³/mol. The van der Waals surface area contributed by atoms with E-state index in [2.05, 4.69) is 0 Å². The topological polar surface area (TPSA) is 37.3 Å². The highest BCUT2D eigenvalue weighted by Gasteiger charge is 2.13. The molecule has 0 bridgehead atoms. The van der Waals surface area contributed by atoms with Crippen LogP contribution in [0.4, 0.5) is 4.39 Å². The van der Waals surface area contributed by atoms with Gasteiger partial charge in [0.2, 0.25) is 0 Å². The van der Waals surface area contributed by atoms with Gasteiger partial charge in [-0.25, -0.2) is 9.18 Å². The third-order valence-electron chi connectivity index (χ3n) is 2.91. The minimum atomic E-state index is -1.16. The van der Waals surface area contributed by atoms with Gasteiger partial charge >= 0.3 is 5.97 Å². The Hall–Kier alpha value is -1.87. The second kappa shape index (κ2) is 5.41. The summed E-state index contributed by atoms with van der Waals surface area (Å²) in [6, 6.07) is 9.16. The Morgan fingerprint density at radius 1 is 1.32 bits per heavy atom. The van der Waals surface area contributed by atoms with Crippen LogP contribution in [-0.4, -0.2) is 11.1 Å². The van der Waals surface area contributed by atoms with Crippen molar-refractivity contribution < 1.29 is 14.3 Å². The largest absolute Gasteiger partial charge is 0.478 e. The summed E-state index contributed by atoms with van der Waals surface area (Å²) >= 11 is 6.16. The molecule has 2 rings (SSSR count). The molecule has 1 N–H and O–H groups in total. The average molecular weight is 279 g/mol. The van der Waals surface area contributed by atoms with Gasteiger partial charge in [0.05, 0.1) is 5.56 Å². The number of halogens is 2. The molecule has 0 fully saturated rings. The van der Waals surface area contributed by atoms with Gasteiger partial charge in [-0.1, -0.05) is 30.7 Å². The lowest BCUT2D eigenvalue weighted by Crippen LogP contribution is -1.99. The van der Waals surface area contributed by atoms with E-state index in [0.29, 0.717) is 16.1 Å². The van der Waals surface area contributed by atoms with Crippen molar-refractivity contribution in [3.63, 3.8) is 0 Å². The molecule has 2 aromatic carbocycles. The number of carboxylic acids is 1. The van der Waals surface area contributed by atoms with Crippen molar-refractivity contribution in [2.24, 2.45) is 0 Å².